The third kappa shape index (κ3) is 2.71. The van der Waals surface area contributed by atoms with Crippen LogP contribution in [0.3, 0.4) is 0 Å². The SMILES string of the molecule is C=CCNC(=O)[C@@H]1C[C@@H]2c3cccc4[nH]cc(c34)C[C@H]2N(CC=C)C1. The van der Waals surface area contributed by atoms with Crippen molar-refractivity contribution < 1.29 is 4.79 Å². The van der Waals surface area contributed by atoms with Gasteiger partial charge in [-0.15, -0.1) is 13.2 Å². The summed E-state index contributed by atoms with van der Waals surface area (Å²) in [5.41, 5.74) is 4.00. The van der Waals surface area contributed by atoms with Crippen LogP contribution in [0.4, 0.5) is 0 Å². The van der Waals surface area contributed by atoms with Crippen LogP contribution in [0.2, 0.25) is 0 Å². The predicted molar refractivity (Wildman–Crippen MR) is 102 cm³/mol. The van der Waals surface area contributed by atoms with E-state index in [4.69, 9.17) is 0 Å². The first kappa shape index (κ1) is 16.2. The molecule has 1 saturated heterocycles. The minimum absolute atomic E-state index is 0.0110. The van der Waals surface area contributed by atoms with Gasteiger partial charge in [-0.2, -0.15) is 0 Å². The van der Waals surface area contributed by atoms with E-state index in [1.807, 2.05) is 6.08 Å². The zero-order chi connectivity index (χ0) is 17.4. The normalized spacial score (nSPS) is 25.4. The Kier molecular flexibility index (Phi) is 4.22. The molecular formula is C21H25N3O. The van der Waals surface area contributed by atoms with Crippen molar-refractivity contribution in [1.82, 2.24) is 15.2 Å². The average Bonchev–Trinajstić information content (AvgIpc) is 3.05. The molecule has 0 radical (unpaired) electrons. The molecule has 4 heteroatoms. The molecule has 4 nitrogen and oxygen atoms in total. The molecule has 0 unspecified atom stereocenters. The lowest BCUT2D eigenvalue weighted by Crippen LogP contribution is -2.53. The van der Waals surface area contributed by atoms with Crippen molar-refractivity contribution >= 4 is 16.8 Å². The maximum absolute atomic E-state index is 12.6. The zero-order valence-corrected chi connectivity index (χ0v) is 14.5. The van der Waals surface area contributed by atoms with Crippen molar-refractivity contribution in [2.45, 2.75) is 24.8 Å². The van der Waals surface area contributed by atoms with E-state index in [2.05, 4.69) is 52.8 Å². The third-order valence-electron chi connectivity index (χ3n) is 5.73. The number of hydrogen-bond acceptors (Lipinski definition) is 2. The topological polar surface area (TPSA) is 48.1 Å². The second-order valence-corrected chi connectivity index (χ2v) is 7.17. The van der Waals surface area contributed by atoms with E-state index in [0.717, 1.165) is 25.9 Å². The number of likely N-dealkylation sites (tertiary alicyclic amines) is 1. The molecule has 2 aromatic rings. The van der Waals surface area contributed by atoms with Crippen LogP contribution in [0.5, 0.6) is 0 Å². The van der Waals surface area contributed by atoms with Gasteiger partial charge < -0.3 is 10.3 Å². The summed E-state index contributed by atoms with van der Waals surface area (Å²) in [6.45, 7) is 9.76. The first-order chi connectivity index (χ1) is 12.2. The Morgan fingerprint density at radius 1 is 1.36 bits per heavy atom. The van der Waals surface area contributed by atoms with Gasteiger partial charge in [-0.05, 0) is 30.0 Å². The highest BCUT2D eigenvalue weighted by Gasteiger charge is 2.42. The monoisotopic (exact) mass is 335 g/mol. The van der Waals surface area contributed by atoms with Gasteiger partial charge in [0, 0.05) is 48.7 Å². The summed E-state index contributed by atoms with van der Waals surface area (Å²) in [7, 11) is 0. The molecule has 4 rings (SSSR count). The third-order valence-corrected chi connectivity index (χ3v) is 5.73. The summed E-state index contributed by atoms with van der Waals surface area (Å²) < 4.78 is 0. The van der Waals surface area contributed by atoms with E-state index in [1.165, 1.54) is 22.0 Å². The van der Waals surface area contributed by atoms with Crippen LogP contribution in [0.25, 0.3) is 10.9 Å². The molecule has 130 valence electrons. The van der Waals surface area contributed by atoms with Crippen molar-refractivity contribution in [2.24, 2.45) is 5.92 Å². The molecule has 2 heterocycles. The van der Waals surface area contributed by atoms with Crippen molar-refractivity contribution in [3.63, 3.8) is 0 Å². The molecule has 0 saturated carbocycles. The maximum atomic E-state index is 12.6. The van der Waals surface area contributed by atoms with Crippen LogP contribution in [0, 0.1) is 5.92 Å². The molecule has 1 amide bonds. The molecule has 0 spiro atoms. The standard InChI is InChI=1S/C21H25N3O/c1-3-8-22-21(25)15-10-17-16-6-5-7-18-20(16)14(12-23-18)11-19(17)24(13-15)9-4-2/h3-7,12,15,17,19,23H,1-2,8-11,13H2,(H,22,25)/t15-,17-,19-/m1/s1. The smallest absolute Gasteiger partial charge is 0.224 e. The van der Waals surface area contributed by atoms with Crippen LogP contribution in [0.1, 0.15) is 23.5 Å². The number of nitrogens with one attached hydrogen (secondary N) is 2. The van der Waals surface area contributed by atoms with Gasteiger partial charge in [-0.1, -0.05) is 24.3 Å². The Bertz CT molecular complexity index is 822. The first-order valence-electron chi connectivity index (χ1n) is 9.05. The lowest BCUT2D eigenvalue weighted by atomic mass is 9.72. The number of aromatic amines is 1. The molecule has 2 aliphatic rings. The molecule has 2 N–H and O–H groups in total. The van der Waals surface area contributed by atoms with Crippen molar-refractivity contribution in [3.8, 4) is 0 Å². The largest absolute Gasteiger partial charge is 0.361 e. The maximum Gasteiger partial charge on any atom is 0.224 e. The molecule has 1 aromatic heterocycles. The Morgan fingerprint density at radius 3 is 3.04 bits per heavy atom. The molecule has 1 fully saturated rings. The van der Waals surface area contributed by atoms with E-state index in [9.17, 15) is 4.79 Å². The van der Waals surface area contributed by atoms with E-state index < -0.39 is 0 Å². The van der Waals surface area contributed by atoms with Gasteiger partial charge in [0.25, 0.3) is 0 Å². The first-order valence-corrected chi connectivity index (χ1v) is 9.05. The highest BCUT2D eigenvalue weighted by Crippen LogP contribution is 2.44. The summed E-state index contributed by atoms with van der Waals surface area (Å²) in [6.07, 6.45) is 7.79. The summed E-state index contributed by atoms with van der Waals surface area (Å²) in [4.78, 5) is 18.4. The highest BCUT2D eigenvalue weighted by atomic mass is 16.1. The number of benzene rings is 1. The Hall–Kier alpha value is -2.33. The van der Waals surface area contributed by atoms with Crippen molar-refractivity contribution in [1.29, 1.82) is 0 Å². The van der Waals surface area contributed by atoms with Crippen molar-refractivity contribution in [3.05, 3.63) is 60.8 Å². The highest BCUT2D eigenvalue weighted by molar-refractivity contribution is 5.88. The number of fused-ring (bicyclic) bond motifs is 2. The van der Waals surface area contributed by atoms with Crippen LogP contribution in [-0.2, 0) is 11.2 Å². The van der Waals surface area contributed by atoms with Crippen LogP contribution >= 0.6 is 0 Å². The molecule has 0 bridgehead atoms. The summed E-state index contributed by atoms with van der Waals surface area (Å²) >= 11 is 0. The summed E-state index contributed by atoms with van der Waals surface area (Å²) in [6, 6.07) is 6.95. The molecule has 25 heavy (non-hydrogen) atoms. The number of rotatable bonds is 5. The van der Waals surface area contributed by atoms with E-state index in [1.54, 1.807) is 6.08 Å². The van der Waals surface area contributed by atoms with Gasteiger partial charge in [0.05, 0.1) is 5.92 Å². The number of carbonyl (C=O) groups excluding carboxylic acids is 1. The van der Waals surface area contributed by atoms with Crippen LogP contribution in [0.15, 0.2) is 49.7 Å². The lowest BCUT2D eigenvalue weighted by molar-refractivity contribution is -0.127. The number of piperidine rings is 1. The number of carbonyl (C=O) groups is 1. The number of H-pyrrole nitrogens is 1. The number of hydrogen-bond donors (Lipinski definition) is 2. The fourth-order valence-corrected chi connectivity index (χ4v) is 4.68. The predicted octanol–water partition coefficient (Wildman–Crippen LogP) is 2.99. The Morgan fingerprint density at radius 2 is 2.24 bits per heavy atom. The van der Waals surface area contributed by atoms with Crippen LogP contribution < -0.4 is 5.32 Å². The van der Waals surface area contributed by atoms with Gasteiger partial charge >= 0.3 is 0 Å². The van der Waals surface area contributed by atoms with Crippen molar-refractivity contribution in [2.75, 3.05) is 19.6 Å². The second-order valence-electron chi connectivity index (χ2n) is 7.17. The quantitative estimate of drug-likeness (QED) is 0.825. The summed E-state index contributed by atoms with van der Waals surface area (Å²) in [5.74, 6) is 0.538. The number of amides is 1. The van der Waals surface area contributed by atoms with Crippen LogP contribution in [-0.4, -0.2) is 41.5 Å². The fraction of sp³-hybridized carbons (Fsp3) is 0.381. The van der Waals surface area contributed by atoms with E-state index >= 15 is 0 Å². The van der Waals surface area contributed by atoms with Gasteiger partial charge in [0.2, 0.25) is 5.91 Å². The molecule has 3 atom stereocenters. The lowest BCUT2D eigenvalue weighted by Gasteiger charge is -2.46. The van der Waals surface area contributed by atoms with Gasteiger partial charge in [-0.25, -0.2) is 0 Å². The fourth-order valence-electron chi connectivity index (χ4n) is 4.68. The van der Waals surface area contributed by atoms with Gasteiger partial charge in [0.15, 0.2) is 0 Å². The summed E-state index contributed by atoms with van der Waals surface area (Å²) in [5, 5.41) is 4.35. The molecule has 1 aliphatic heterocycles. The van der Waals surface area contributed by atoms with E-state index in [-0.39, 0.29) is 11.8 Å². The average molecular weight is 335 g/mol. The molecule has 1 aromatic carbocycles. The zero-order valence-electron chi connectivity index (χ0n) is 14.5. The minimum Gasteiger partial charge on any atom is -0.361 e. The number of nitrogens with zero attached hydrogens (tertiary/aromatic N) is 1. The Balaban J connectivity index is 1.70. The number of aromatic nitrogens is 1. The molecule has 1 aliphatic carbocycles. The second kappa shape index (κ2) is 6.52. The van der Waals surface area contributed by atoms with E-state index in [0.29, 0.717) is 18.5 Å². The minimum atomic E-state index is 0.0110. The van der Waals surface area contributed by atoms with Gasteiger partial charge in [0.1, 0.15) is 0 Å². The molecular weight excluding hydrogens is 310 g/mol. The Labute approximate surface area is 148 Å². The van der Waals surface area contributed by atoms with Gasteiger partial charge in [-0.3, -0.25) is 9.69 Å².